The summed E-state index contributed by atoms with van der Waals surface area (Å²) in [6, 6.07) is 4.13. The van der Waals surface area contributed by atoms with Gasteiger partial charge in [0.05, 0.1) is 12.4 Å². The predicted molar refractivity (Wildman–Crippen MR) is 91.9 cm³/mol. The lowest BCUT2D eigenvalue weighted by Gasteiger charge is -2.12. The molecule has 23 heavy (non-hydrogen) atoms. The summed E-state index contributed by atoms with van der Waals surface area (Å²) in [6.45, 7) is 7.31. The van der Waals surface area contributed by atoms with Gasteiger partial charge in [0.25, 0.3) is 0 Å². The molecule has 0 fully saturated rings. The Morgan fingerprint density at radius 2 is 2.00 bits per heavy atom. The third-order valence-electron chi connectivity index (χ3n) is 3.39. The third-order valence-corrected chi connectivity index (χ3v) is 4.37. The number of nitrogens with one attached hydrogen (secondary N) is 1. The maximum Gasteiger partial charge on any atom is 0.234 e. The molecule has 0 aliphatic heterocycles. The Morgan fingerprint density at radius 3 is 2.65 bits per heavy atom. The maximum atomic E-state index is 12.2. The molecular weight excluding hydrogens is 312 g/mol. The Hall–Kier alpha value is -1.86. The van der Waals surface area contributed by atoms with Crippen molar-refractivity contribution < 1.29 is 9.53 Å². The van der Waals surface area contributed by atoms with E-state index < -0.39 is 0 Å². The fourth-order valence-electron chi connectivity index (χ4n) is 2.38. The molecule has 0 unspecified atom stereocenters. The van der Waals surface area contributed by atoms with E-state index in [1.54, 1.807) is 13.4 Å². The molecule has 0 spiro atoms. The lowest BCUT2D eigenvalue weighted by Crippen LogP contribution is -2.16. The fraction of sp³-hybridized carbons (Fsp3) is 0.438. The van der Waals surface area contributed by atoms with Crippen LogP contribution in [0.5, 0.6) is 0 Å². The van der Waals surface area contributed by atoms with Crippen LogP contribution >= 0.6 is 11.8 Å². The number of nitrogens with zero attached hydrogens (tertiary/aromatic N) is 3. The summed E-state index contributed by atoms with van der Waals surface area (Å²) in [7, 11) is 1.65. The molecule has 0 atom stereocenters. The second-order valence-electron chi connectivity index (χ2n) is 5.41. The first-order chi connectivity index (χ1) is 11.0. The van der Waals surface area contributed by atoms with Crippen molar-refractivity contribution in [3.63, 3.8) is 0 Å². The van der Waals surface area contributed by atoms with Crippen molar-refractivity contribution in [1.82, 2.24) is 14.8 Å². The van der Waals surface area contributed by atoms with E-state index in [2.05, 4.69) is 27.6 Å². The number of thioether (sulfide) groups is 1. The van der Waals surface area contributed by atoms with E-state index >= 15 is 0 Å². The topological polar surface area (TPSA) is 69.0 Å². The standard InChI is InChI=1S/C16H22N4O2S/c1-11-7-12(2)15(13(3)8-11)18-14(21)9-23-16-19-17-10-20(16)5-6-22-4/h7-8,10H,5-6,9H2,1-4H3,(H,18,21). The molecule has 1 heterocycles. The first-order valence-electron chi connectivity index (χ1n) is 7.38. The number of carbonyl (C=O) groups excluding carboxylic acids is 1. The van der Waals surface area contributed by atoms with Crippen LogP contribution in [0, 0.1) is 20.8 Å². The van der Waals surface area contributed by atoms with E-state index in [4.69, 9.17) is 4.74 Å². The highest BCUT2D eigenvalue weighted by Crippen LogP contribution is 2.22. The Morgan fingerprint density at radius 1 is 1.30 bits per heavy atom. The minimum atomic E-state index is -0.0497. The third kappa shape index (κ3) is 4.80. The summed E-state index contributed by atoms with van der Waals surface area (Å²) in [5.74, 6) is 0.240. The minimum absolute atomic E-state index is 0.0497. The second kappa shape index (κ2) is 8.12. The van der Waals surface area contributed by atoms with E-state index in [9.17, 15) is 4.79 Å². The average molecular weight is 334 g/mol. The molecule has 1 amide bonds. The van der Waals surface area contributed by atoms with Gasteiger partial charge in [-0.2, -0.15) is 0 Å². The second-order valence-corrected chi connectivity index (χ2v) is 6.35. The molecule has 1 aromatic heterocycles. The predicted octanol–water partition coefficient (Wildman–Crippen LogP) is 2.58. The number of aryl methyl sites for hydroxylation is 3. The highest BCUT2D eigenvalue weighted by atomic mass is 32.2. The summed E-state index contributed by atoms with van der Waals surface area (Å²) in [6.07, 6.45) is 1.65. The first kappa shape index (κ1) is 17.5. The molecule has 2 aromatic rings. The van der Waals surface area contributed by atoms with Gasteiger partial charge in [0.15, 0.2) is 5.16 Å². The largest absolute Gasteiger partial charge is 0.383 e. The van der Waals surface area contributed by atoms with Crippen molar-refractivity contribution in [2.75, 3.05) is 24.8 Å². The maximum absolute atomic E-state index is 12.2. The number of aromatic nitrogens is 3. The molecule has 0 saturated heterocycles. The quantitative estimate of drug-likeness (QED) is 0.788. The number of ether oxygens (including phenoxy) is 1. The molecule has 6 nitrogen and oxygen atoms in total. The van der Waals surface area contributed by atoms with Gasteiger partial charge in [0, 0.05) is 19.3 Å². The van der Waals surface area contributed by atoms with Gasteiger partial charge in [0.2, 0.25) is 5.91 Å². The average Bonchev–Trinajstić information content (AvgIpc) is 2.94. The van der Waals surface area contributed by atoms with Crippen molar-refractivity contribution in [1.29, 1.82) is 0 Å². The van der Waals surface area contributed by atoms with Gasteiger partial charge in [0.1, 0.15) is 6.33 Å². The molecule has 1 N–H and O–H groups in total. The number of rotatable bonds is 7. The van der Waals surface area contributed by atoms with Crippen LogP contribution in [0.3, 0.4) is 0 Å². The van der Waals surface area contributed by atoms with Crippen LogP contribution < -0.4 is 5.32 Å². The van der Waals surface area contributed by atoms with Gasteiger partial charge in [-0.15, -0.1) is 10.2 Å². The highest BCUT2D eigenvalue weighted by Gasteiger charge is 2.11. The fourth-order valence-corrected chi connectivity index (χ4v) is 3.12. The van der Waals surface area contributed by atoms with Crippen molar-refractivity contribution in [2.24, 2.45) is 0 Å². The van der Waals surface area contributed by atoms with Gasteiger partial charge >= 0.3 is 0 Å². The van der Waals surface area contributed by atoms with Crippen LogP contribution in [0.2, 0.25) is 0 Å². The number of hydrogen-bond donors (Lipinski definition) is 1. The molecule has 1 aromatic carbocycles. The zero-order valence-corrected chi connectivity index (χ0v) is 14.7. The minimum Gasteiger partial charge on any atom is -0.383 e. The Balaban J connectivity index is 1.95. The molecule has 0 aliphatic rings. The first-order valence-corrected chi connectivity index (χ1v) is 8.37. The van der Waals surface area contributed by atoms with Crippen molar-refractivity contribution in [2.45, 2.75) is 32.5 Å². The van der Waals surface area contributed by atoms with E-state index in [1.807, 2.05) is 25.3 Å². The van der Waals surface area contributed by atoms with E-state index in [1.165, 1.54) is 17.3 Å². The summed E-state index contributed by atoms with van der Waals surface area (Å²) in [5.41, 5.74) is 4.23. The van der Waals surface area contributed by atoms with Crippen LogP contribution in [0.1, 0.15) is 16.7 Å². The molecule has 0 radical (unpaired) electrons. The summed E-state index contributed by atoms with van der Waals surface area (Å²) < 4.78 is 6.92. The number of anilines is 1. The Kier molecular flexibility index (Phi) is 6.18. The number of methoxy groups -OCH3 is 1. The van der Waals surface area contributed by atoms with Gasteiger partial charge < -0.3 is 14.6 Å². The van der Waals surface area contributed by atoms with Gasteiger partial charge in [-0.25, -0.2) is 0 Å². The molecule has 0 bridgehead atoms. The van der Waals surface area contributed by atoms with E-state index in [0.717, 1.165) is 22.0 Å². The smallest absolute Gasteiger partial charge is 0.234 e. The Bertz CT molecular complexity index is 661. The summed E-state index contributed by atoms with van der Waals surface area (Å²) in [5, 5.41) is 11.6. The molecule has 0 aliphatic carbocycles. The Labute approximate surface area is 140 Å². The van der Waals surface area contributed by atoms with Crippen LogP contribution in [0.25, 0.3) is 0 Å². The van der Waals surface area contributed by atoms with Crippen molar-refractivity contribution in [3.05, 3.63) is 35.2 Å². The zero-order valence-electron chi connectivity index (χ0n) is 13.9. The number of carbonyl (C=O) groups is 1. The summed E-state index contributed by atoms with van der Waals surface area (Å²) in [4.78, 5) is 12.2. The molecule has 7 heteroatoms. The highest BCUT2D eigenvalue weighted by molar-refractivity contribution is 7.99. The SMILES string of the molecule is COCCn1cnnc1SCC(=O)Nc1c(C)cc(C)cc1C. The lowest BCUT2D eigenvalue weighted by molar-refractivity contribution is -0.113. The molecule has 0 saturated carbocycles. The number of benzene rings is 1. The lowest BCUT2D eigenvalue weighted by atomic mass is 10.1. The van der Waals surface area contributed by atoms with Crippen LogP contribution in [0.15, 0.2) is 23.6 Å². The molecule has 124 valence electrons. The van der Waals surface area contributed by atoms with Gasteiger partial charge in [-0.05, 0) is 31.9 Å². The monoisotopic (exact) mass is 334 g/mol. The molecule has 2 rings (SSSR count). The number of hydrogen-bond acceptors (Lipinski definition) is 5. The van der Waals surface area contributed by atoms with Gasteiger partial charge in [-0.1, -0.05) is 29.5 Å². The molecular formula is C16H22N4O2S. The number of amides is 1. The van der Waals surface area contributed by atoms with Gasteiger partial charge in [-0.3, -0.25) is 4.79 Å². The van der Waals surface area contributed by atoms with E-state index in [-0.39, 0.29) is 5.91 Å². The summed E-state index contributed by atoms with van der Waals surface area (Å²) >= 11 is 1.37. The van der Waals surface area contributed by atoms with Crippen molar-refractivity contribution >= 4 is 23.4 Å². The van der Waals surface area contributed by atoms with Crippen molar-refractivity contribution in [3.8, 4) is 0 Å². The van der Waals surface area contributed by atoms with E-state index in [0.29, 0.717) is 18.9 Å². The van der Waals surface area contributed by atoms with Crippen LogP contribution in [0.4, 0.5) is 5.69 Å². The zero-order chi connectivity index (χ0) is 16.8. The van der Waals surface area contributed by atoms with Crippen LogP contribution in [-0.2, 0) is 16.1 Å². The van der Waals surface area contributed by atoms with Crippen LogP contribution in [-0.4, -0.2) is 40.1 Å². The normalized spacial score (nSPS) is 10.8.